The SMILES string of the molecule is COc1ccc(NC(=O)/C(C#N)=C/c2cc(I)c(OS(=O)(=O)c3ccc(C)cc3)c(OC)c2)cc1. The maximum atomic E-state index is 12.7. The van der Waals surface area contributed by atoms with Crippen LogP contribution in [0.15, 0.2) is 71.1 Å². The molecule has 0 fully saturated rings. The van der Waals surface area contributed by atoms with E-state index in [-0.39, 0.29) is 22.0 Å². The number of methoxy groups -OCH3 is 2. The Morgan fingerprint density at radius 1 is 1.03 bits per heavy atom. The Labute approximate surface area is 217 Å². The van der Waals surface area contributed by atoms with Crippen LogP contribution in [0.4, 0.5) is 5.69 Å². The Balaban J connectivity index is 1.88. The summed E-state index contributed by atoms with van der Waals surface area (Å²) >= 11 is 1.91. The van der Waals surface area contributed by atoms with Crippen molar-refractivity contribution in [2.24, 2.45) is 0 Å². The van der Waals surface area contributed by atoms with Gasteiger partial charge >= 0.3 is 10.1 Å². The lowest BCUT2D eigenvalue weighted by Crippen LogP contribution is -2.13. The summed E-state index contributed by atoms with van der Waals surface area (Å²) in [6.07, 6.45) is 1.38. The number of anilines is 1. The lowest BCUT2D eigenvalue weighted by molar-refractivity contribution is -0.112. The van der Waals surface area contributed by atoms with Crippen LogP contribution in [0.25, 0.3) is 6.08 Å². The molecule has 0 aromatic heterocycles. The van der Waals surface area contributed by atoms with Crippen LogP contribution < -0.4 is 19.0 Å². The average molecular weight is 604 g/mol. The summed E-state index contributed by atoms with van der Waals surface area (Å²) in [5, 5.41) is 12.2. The van der Waals surface area contributed by atoms with E-state index in [1.54, 1.807) is 42.5 Å². The lowest BCUT2D eigenvalue weighted by atomic mass is 10.1. The second-order valence-electron chi connectivity index (χ2n) is 7.24. The van der Waals surface area contributed by atoms with E-state index < -0.39 is 16.0 Å². The summed E-state index contributed by atoms with van der Waals surface area (Å²) in [5.41, 5.74) is 1.71. The summed E-state index contributed by atoms with van der Waals surface area (Å²) < 4.78 is 41.7. The summed E-state index contributed by atoms with van der Waals surface area (Å²) in [4.78, 5) is 12.6. The molecule has 0 saturated carbocycles. The van der Waals surface area contributed by atoms with Crippen LogP contribution in [-0.4, -0.2) is 28.5 Å². The number of hydrogen-bond acceptors (Lipinski definition) is 7. The van der Waals surface area contributed by atoms with E-state index in [4.69, 9.17) is 13.7 Å². The van der Waals surface area contributed by atoms with Crippen molar-refractivity contribution < 1.29 is 26.9 Å². The van der Waals surface area contributed by atoms with E-state index >= 15 is 0 Å². The Morgan fingerprint density at radius 2 is 1.69 bits per heavy atom. The zero-order chi connectivity index (χ0) is 25.6. The van der Waals surface area contributed by atoms with Gasteiger partial charge < -0.3 is 19.0 Å². The number of ether oxygens (including phenoxy) is 2. The van der Waals surface area contributed by atoms with Crippen LogP contribution in [-0.2, 0) is 14.9 Å². The third-order valence-electron chi connectivity index (χ3n) is 4.78. The summed E-state index contributed by atoms with van der Waals surface area (Å²) in [7, 11) is -1.20. The summed E-state index contributed by atoms with van der Waals surface area (Å²) in [5.74, 6) is 0.167. The molecule has 3 aromatic rings. The molecule has 3 rings (SSSR count). The highest BCUT2D eigenvalue weighted by Gasteiger charge is 2.22. The van der Waals surface area contributed by atoms with Crippen molar-refractivity contribution in [2.75, 3.05) is 19.5 Å². The molecule has 0 unspecified atom stereocenters. The molecule has 0 saturated heterocycles. The molecule has 0 aliphatic heterocycles. The Hall–Kier alpha value is -3.56. The van der Waals surface area contributed by atoms with Gasteiger partial charge in [-0.05, 0) is 89.7 Å². The van der Waals surface area contributed by atoms with Crippen molar-refractivity contribution in [2.45, 2.75) is 11.8 Å². The molecule has 10 heteroatoms. The van der Waals surface area contributed by atoms with E-state index in [9.17, 15) is 18.5 Å². The van der Waals surface area contributed by atoms with Gasteiger partial charge in [0.05, 0.1) is 17.8 Å². The standard InChI is InChI=1S/C25H21IN2O6S/c1-16-4-10-21(11-5-16)35(30,31)34-24-22(26)13-17(14-23(24)33-3)12-18(15-27)25(29)28-19-6-8-20(32-2)9-7-19/h4-14H,1-3H3,(H,28,29)/b18-12+. The fraction of sp³-hybridized carbons (Fsp3) is 0.120. The number of nitrogens with one attached hydrogen (secondary N) is 1. The van der Waals surface area contributed by atoms with Crippen LogP contribution >= 0.6 is 22.6 Å². The highest BCUT2D eigenvalue weighted by molar-refractivity contribution is 14.1. The van der Waals surface area contributed by atoms with E-state index in [0.717, 1.165) is 5.56 Å². The van der Waals surface area contributed by atoms with E-state index in [0.29, 0.717) is 20.6 Å². The molecule has 0 atom stereocenters. The van der Waals surface area contributed by atoms with Gasteiger partial charge in [0.2, 0.25) is 0 Å². The van der Waals surface area contributed by atoms with Gasteiger partial charge in [0, 0.05) is 5.69 Å². The molecule has 0 aliphatic rings. The maximum absolute atomic E-state index is 12.7. The molecule has 0 spiro atoms. The van der Waals surface area contributed by atoms with Crippen molar-refractivity contribution in [1.29, 1.82) is 5.26 Å². The second-order valence-corrected chi connectivity index (χ2v) is 9.95. The van der Waals surface area contributed by atoms with Gasteiger partial charge in [-0.1, -0.05) is 17.7 Å². The molecule has 0 bridgehead atoms. The van der Waals surface area contributed by atoms with Gasteiger partial charge in [-0.2, -0.15) is 13.7 Å². The van der Waals surface area contributed by atoms with Crippen molar-refractivity contribution in [3.63, 3.8) is 0 Å². The number of carbonyl (C=O) groups is 1. The molecule has 3 aromatic carbocycles. The number of amides is 1. The molecule has 8 nitrogen and oxygen atoms in total. The second kappa shape index (κ2) is 11.2. The van der Waals surface area contributed by atoms with Gasteiger partial charge in [-0.25, -0.2) is 0 Å². The van der Waals surface area contributed by atoms with Gasteiger partial charge in [-0.3, -0.25) is 4.79 Å². The predicted molar refractivity (Wildman–Crippen MR) is 140 cm³/mol. The van der Waals surface area contributed by atoms with E-state index in [2.05, 4.69) is 5.32 Å². The van der Waals surface area contributed by atoms with Crippen molar-refractivity contribution in [3.05, 3.63) is 80.9 Å². The first-order valence-electron chi connectivity index (χ1n) is 10.1. The van der Waals surface area contributed by atoms with Gasteiger partial charge in [0.15, 0.2) is 11.5 Å². The van der Waals surface area contributed by atoms with Crippen LogP contribution in [0.1, 0.15) is 11.1 Å². The molecule has 180 valence electrons. The third-order valence-corrected chi connectivity index (χ3v) is 6.82. The number of nitrogens with zero attached hydrogens (tertiary/aromatic N) is 1. The maximum Gasteiger partial charge on any atom is 0.339 e. The average Bonchev–Trinajstić information content (AvgIpc) is 2.84. The Morgan fingerprint density at radius 3 is 2.26 bits per heavy atom. The first-order valence-corrected chi connectivity index (χ1v) is 12.6. The zero-order valence-electron chi connectivity index (χ0n) is 19.0. The van der Waals surface area contributed by atoms with Crippen molar-refractivity contribution >= 4 is 50.4 Å². The summed E-state index contributed by atoms with van der Waals surface area (Å²) in [6.45, 7) is 1.85. The fourth-order valence-electron chi connectivity index (χ4n) is 2.95. The number of hydrogen-bond donors (Lipinski definition) is 1. The molecule has 1 N–H and O–H groups in total. The minimum absolute atomic E-state index is 0.00638. The van der Waals surface area contributed by atoms with Crippen LogP contribution in [0.2, 0.25) is 0 Å². The summed E-state index contributed by atoms with van der Waals surface area (Å²) in [6, 6.07) is 17.9. The molecular weight excluding hydrogens is 583 g/mol. The first-order chi connectivity index (χ1) is 16.7. The first kappa shape index (κ1) is 26.1. The highest BCUT2D eigenvalue weighted by Crippen LogP contribution is 2.36. The lowest BCUT2D eigenvalue weighted by Gasteiger charge is -2.14. The predicted octanol–water partition coefficient (Wildman–Crippen LogP) is 4.93. The molecule has 0 aliphatic carbocycles. The number of rotatable bonds is 8. The van der Waals surface area contributed by atoms with Crippen LogP contribution in [0.3, 0.4) is 0 Å². The zero-order valence-corrected chi connectivity index (χ0v) is 22.0. The third kappa shape index (κ3) is 6.52. The Kier molecular flexibility index (Phi) is 8.37. The largest absolute Gasteiger partial charge is 0.497 e. The number of halogens is 1. The van der Waals surface area contributed by atoms with Crippen molar-refractivity contribution in [3.8, 4) is 23.3 Å². The quantitative estimate of drug-likeness (QED) is 0.168. The number of benzene rings is 3. The normalized spacial score (nSPS) is 11.3. The van der Waals surface area contributed by atoms with E-state index in [1.165, 1.54) is 38.5 Å². The monoisotopic (exact) mass is 604 g/mol. The molecule has 1 amide bonds. The number of aryl methyl sites for hydroxylation is 1. The van der Waals surface area contributed by atoms with Crippen molar-refractivity contribution in [1.82, 2.24) is 0 Å². The van der Waals surface area contributed by atoms with E-state index in [1.807, 2.05) is 35.6 Å². The Bertz CT molecular complexity index is 1410. The molecule has 35 heavy (non-hydrogen) atoms. The number of carbonyl (C=O) groups excluding carboxylic acids is 1. The van der Waals surface area contributed by atoms with Gasteiger partial charge in [0.1, 0.15) is 22.3 Å². The highest BCUT2D eigenvalue weighted by atomic mass is 127. The molecule has 0 heterocycles. The smallest absolute Gasteiger partial charge is 0.339 e. The van der Waals surface area contributed by atoms with Gasteiger partial charge in [0.25, 0.3) is 5.91 Å². The molecular formula is C25H21IN2O6S. The topological polar surface area (TPSA) is 115 Å². The minimum Gasteiger partial charge on any atom is -0.497 e. The fourth-order valence-corrected chi connectivity index (χ4v) is 4.80. The number of nitriles is 1. The van der Waals surface area contributed by atoms with Gasteiger partial charge in [-0.15, -0.1) is 0 Å². The van der Waals surface area contributed by atoms with Crippen LogP contribution in [0, 0.1) is 21.8 Å². The minimum atomic E-state index is -4.10. The van der Waals surface area contributed by atoms with Crippen LogP contribution in [0.5, 0.6) is 17.2 Å². The molecule has 0 radical (unpaired) electrons.